The molecule has 1 saturated heterocycles. The van der Waals surface area contributed by atoms with Gasteiger partial charge in [0.2, 0.25) is 21.7 Å². The van der Waals surface area contributed by atoms with Crippen molar-refractivity contribution in [1.29, 1.82) is 0 Å². The number of aliphatic hydroxyl groups excluding tert-OH is 1. The van der Waals surface area contributed by atoms with E-state index >= 15 is 0 Å². The van der Waals surface area contributed by atoms with Crippen molar-refractivity contribution < 1.29 is 27.4 Å². The van der Waals surface area contributed by atoms with Gasteiger partial charge in [0.1, 0.15) is 5.82 Å². The number of sulfonamides is 1. The highest BCUT2D eigenvalue weighted by atomic mass is 32.2. The third-order valence-electron chi connectivity index (χ3n) is 4.97. The molecule has 0 spiro atoms. The van der Waals surface area contributed by atoms with Gasteiger partial charge < -0.3 is 15.2 Å². The van der Waals surface area contributed by atoms with Gasteiger partial charge in [0, 0.05) is 6.54 Å². The predicted molar refractivity (Wildman–Crippen MR) is 105 cm³/mol. The van der Waals surface area contributed by atoms with Gasteiger partial charge >= 0.3 is 0 Å². The number of rotatable bonds is 12. The Balaban J connectivity index is 1.41. The first-order valence-electron chi connectivity index (χ1n) is 10.1. The van der Waals surface area contributed by atoms with Crippen LogP contribution < -0.4 is 14.8 Å². The molecule has 2 atom stereocenters. The van der Waals surface area contributed by atoms with Gasteiger partial charge in [0.15, 0.2) is 6.35 Å². The fraction of sp³-hybridized carbons (Fsp3) is 0.722. The van der Waals surface area contributed by atoms with Crippen LogP contribution in [0.3, 0.4) is 0 Å². The van der Waals surface area contributed by atoms with Crippen molar-refractivity contribution in [2.24, 2.45) is 5.92 Å². The number of halogens is 1. The molecule has 3 rings (SSSR count). The predicted octanol–water partition coefficient (Wildman–Crippen LogP) is 0.263. The van der Waals surface area contributed by atoms with Crippen molar-refractivity contribution >= 4 is 15.9 Å². The van der Waals surface area contributed by atoms with Crippen LogP contribution in [-0.4, -0.2) is 66.1 Å². The highest BCUT2D eigenvalue weighted by Crippen LogP contribution is 2.29. The van der Waals surface area contributed by atoms with Gasteiger partial charge in [0.25, 0.3) is 5.88 Å². The lowest BCUT2D eigenvalue weighted by atomic mass is 10.2. The number of ether oxygens (including phenoxy) is 1. The number of hydrogen-bond acceptors (Lipinski definition) is 8. The Morgan fingerprint density at radius 2 is 2.17 bits per heavy atom. The van der Waals surface area contributed by atoms with Gasteiger partial charge in [-0.15, -0.1) is 0 Å². The summed E-state index contributed by atoms with van der Waals surface area (Å²) in [5.74, 6) is -0.560. The Morgan fingerprint density at radius 1 is 1.40 bits per heavy atom. The zero-order valence-electron chi connectivity index (χ0n) is 16.9. The van der Waals surface area contributed by atoms with Crippen molar-refractivity contribution in [2.45, 2.75) is 51.4 Å². The standard InChI is InChI=1S/C18H28FN5O5S/c1-12(16-20-9-14(19)17(22-16)29-11-13-5-6-13)23-30(27,28)8-4-2-3-7-24-10-15(25)21-18(24)26/h9,12-13,18,23,26H,2-8,10-11H2,1H3,(H,21,25)/t12-,18?/m1/s1. The van der Waals surface area contributed by atoms with E-state index < -0.39 is 28.2 Å². The quantitative estimate of drug-likeness (QED) is 0.390. The summed E-state index contributed by atoms with van der Waals surface area (Å²) < 4.78 is 46.3. The SMILES string of the molecule is C[C@@H](NS(=O)(=O)CCCCCN1CC(=O)NC1O)c1ncc(F)c(OCC2CC2)n1. The van der Waals surface area contributed by atoms with Crippen LogP contribution in [0.1, 0.15) is 50.9 Å². The number of unbranched alkanes of at least 4 members (excludes halogenated alkanes) is 2. The van der Waals surface area contributed by atoms with Crippen LogP contribution in [0, 0.1) is 11.7 Å². The number of nitrogens with one attached hydrogen (secondary N) is 2. The van der Waals surface area contributed by atoms with Gasteiger partial charge in [-0.25, -0.2) is 18.1 Å². The number of carbonyl (C=O) groups excluding carboxylic acids is 1. The second kappa shape index (κ2) is 9.94. The Hall–Kier alpha value is -1.89. The highest BCUT2D eigenvalue weighted by Gasteiger charge is 2.27. The van der Waals surface area contributed by atoms with Crippen LogP contribution in [0.4, 0.5) is 4.39 Å². The lowest BCUT2D eigenvalue weighted by molar-refractivity contribution is -0.119. The maximum Gasteiger partial charge on any atom is 0.253 e. The topological polar surface area (TPSA) is 134 Å². The van der Waals surface area contributed by atoms with Crippen molar-refractivity contribution in [3.05, 3.63) is 17.8 Å². The van der Waals surface area contributed by atoms with Crippen molar-refractivity contribution in [3.8, 4) is 5.88 Å². The van der Waals surface area contributed by atoms with Crippen LogP contribution in [0.5, 0.6) is 5.88 Å². The Morgan fingerprint density at radius 3 is 2.83 bits per heavy atom. The average molecular weight is 446 g/mol. The maximum atomic E-state index is 13.8. The van der Waals surface area contributed by atoms with E-state index in [0.29, 0.717) is 38.3 Å². The zero-order valence-corrected chi connectivity index (χ0v) is 17.7. The Bertz CT molecular complexity index is 851. The first-order valence-corrected chi connectivity index (χ1v) is 11.8. The van der Waals surface area contributed by atoms with Gasteiger partial charge in [-0.05, 0) is 38.5 Å². The number of hydrogen-bond donors (Lipinski definition) is 3. The molecule has 3 N–H and O–H groups in total. The van der Waals surface area contributed by atoms with E-state index in [4.69, 9.17) is 4.74 Å². The van der Waals surface area contributed by atoms with Crippen LogP contribution in [0.15, 0.2) is 6.20 Å². The molecule has 1 aromatic rings. The molecule has 0 radical (unpaired) electrons. The van der Waals surface area contributed by atoms with Crippen molar-refractivity contribution in [1.82, 2.24) is 24.9 Å². The molecular weight excluding hydrogens is 417 g/mol. The van der Waals surface area contributed by atoms with E-state index in [2.05, 4.69) is 20.0 Å². The van der Waals surface area contributed by atoms with Crippen LogP contribution in [-0.2, 0) is 14.8 Å². The zero-order chi connectivity index (χ0) is 21.7. The molecule has 0 bridgehead atoms. The molecule has 1 aliphatic carbocycles. The number of carbonyl (C=O) groups is 1. The second-order valence-corrected chi connectivity index (χ2v) is 9.64. The minimum Gasteiger partial charge on any atom is -0.475 e. The largest absolute Gasteiger partial charge is 0.475 e. The molecule has 168 valence electrons. The molecular formula is C18H28FN5O5S. The molecule has 1 amide bonds. The second-order valence-electron chi connectivity index (χ2n) is 7.77. The summed E-state index contributed by atoms with van der Waals surface area (Å²) >= 11 is 0. The van der Waals surface area contributed by atoms with Crippen molar-refractivity contribution in [3.63, 3.8) is 0 Å². The number of aliphatic hydroxyl groups is 1. The fourth-order valence-corrected chi connectivity index (χ4v) is 4.42. The van der Waals surface area contributed by atoms with Gasteiger partial charge in [-0.2, -0.15) is 9.37 Å². The summed E-state index contributed by atoms with van der Waals surface area (Å²) in [6.07, 6.45) is 3.83. The molecule has 12 heteroatoms. The molecule has 10 nitrogen and oxygen atoms in total. The molecule has 1 unspecified atom stereocenters. The Kier molecular flexibility index (Phi) is 7.55. The Labute approximate surface area is 175 Å². The summed E-state index contributed by atoms with van der Waals surface area (Å²) in [4.78, 5) is 20.7. The minimum absolute atomic E-state index is 0.0801. The number of aromatic nitrogens is 2. The molecule has 2 aliphatic rings. The minimum atomic E-state index is -3.58. The van der Waals surface area contributed by atoms with E-state index in [1.165, 1.54) is 0 Å². The van der Waals surface area contributed by atoms with Gasteiger partial charge in [-0.1, -0.05) is 6.42 Å². The van der Waals surface area contributed by atoms with E-state index in [1.807, 2.05) is 0 Å². The summed E-state index contributed by atoms with van der Waals surface area (Å²) in [5, 5.41) is 12.0. The summed E-state index contributed by atoms with van der Waals surface area (Å²) in [6.45, 7) is 2.62. The summed E-state index contributed by atoms with van der Waals surface area (Å²) in [5.41, 5.74) is 0. The van der Waals surface area contributed by atoms with E-state index in [1.54, 1.807) is 11.8 Å². The molecule has 0 aromatic carbocycles. The molecule has 1 aromatic heterocycles. The molecule has 2 fully saturated rings. The molecule has 2 heterocycles. The van der Waals surface area contributed by atoms with E-state index in [9.17, 15) is 22.7 Å². The molecule has 1 saturated carbocycles. The average Bonchev–Trinajstić information content (AvgIpc) is 3.44. The van der Waals surface area contributed by atoms with Crippen LogP contribution >= 0.6 is 0 Å². The van der Waals surface area contributed by atoms with Gasteiger partial charge in [-0.3, -0.25) is 9.69 Å². The van der Waals surface area contributed by atoms with Gasteiger partial charge in [0.05, 0.1) is 31.1 Å². The normalized spacial score (nSPS) is 20.9. The van der Waals surface area contributed by atoms with Crippen LogP contribution in [0.2, 0.25) is 0 Å². The number of amides is 1. The number of nitrogens with zero attached hydrogens (tertiary/aromatic N) is 3. The van der Waals surface area contributed by atoms with Crippen LogP contribution in [0.25, 0.3) is 0 Å². The van der Waals surface area contributed by atoms with E-state index in [0.717, 1.165) is 19.0 Å². The van der Waals surface area contributed by atoms with Crippen molar-refractivity contribution in [2.75, 3.05) is 25.4 Å². The lowest BCUT2D eigenvalue weighted by Crippen LogP contribution is -2.36. The van der Waals surface area contributed by atoms with E-state index in [-0.39, 0.29) is 29.9 Å². The fourth-order valence-electron chi connectivity index (χ4n) is 3.07. The summed E-state index contributed by atoms with van der Waals surface area (Å²) in [7, 11) is -3.58. The maximum absolute atomic E-state index is 13.8. The third kappa shape index (κ3) is 6.83. The molecule has 30 heavy (non-hydrogen) atoms. The third-order valence-corrected chi connectivity index (χ3v) is 6.51. The highest BCUT2D eigenvalue weighted by molar-refractivity contribution is 7.89. The molecule has 1 aliphatic heterocycles. The smallest absolute Gasteiger partial charge is 0.253 e. The first kappa shape index (κ1) is 22.8. The summed E-state index contributed by atoms with van der Waals surface area (Å²) in [6, 6.07) is -0.726. The lowest BCUT2D eigenvalue weighted by Gasteiger charge is -2.17. The first-order chi connectivity index (χ1) is 14.2. The monoisotopic (exact) mass is 445 g/mol.